The molecule has 0 radical (unpaired) electrons. The molecule has 12 aliphatic carbocycles. The van der Waals surface area contributed by atoms with Gasteiger partial charge >= 0.3 is 29.8 Å². The first-order valence-corrected chi connectivity index (χ1v) is 57.4. The molecule has 0 aromatic rings. The predicted molar refractivity (Wildman–Crippen MR) is 584 cm³/mol. The highest BCUT2D eigenvalue weighted by Crippen LogP contribution is 2.39. The highest BCUT2D eigenvalue weighted by molar-refractivity contribution is 6.00. The molecule has 142 heavy (non-hydrogen) atoms. The summed E-state index contributed by atoms with van der Waals surface area (Å²) in [5.74, 6) is 0.753. The van der Waals surface area contributed by atoms with E-state index in [0.717, 1.165) is 70.6 Å². The molecule has 806 valence electrons. The van der Waals surface area contributed by atoms with E-state index < -0.39 is 5.97 Å². The van der Waals surface area contributed by atoms with E-state index in [9.17, 15) is 33.6 Å². The molecule has 21 nitrogen and oxygen atoms in total. The number of allylic oxidation sites excluding steroid dienone is 10. The lowest BCUT2D eigenvalue weighted by molar-refractivity contribution is -0.540. The van der Waals surface area contributed by atoms with Gasteiger partial charge in [-0.05, 0) is 334 Å². The average Bonchev–Trinajstić information content (AvgIpc) is 1.69. The predicted octanol–water partition coefficient (Wildman–Crippen LogP) is 25.6. The van der Waals surface area contributed by atoms with Crippen molar-refractivity contribution in [3.8, 4) is 0 Å². The molecule has 6 atom stereocenters. The Morgan fingerprint density at radius 1 is 0.387 bits per heavy atom. The molecular formula is C121H208N7O14+5. The normalized spacial score (nSPS) is 23.5. The van der Waals surface area contributed by atoms with Crippen LogP contribution in [0, 0.1) is 42.4 Å². The second kappa shape index (κ2) is 74.7. The van der Waals surface area contributed by atoms with Gasteiger partial charge in [0.25, 0.3) is 0 Å². The van der Waals surface area contributed by atoms with Crippen LogP contribution in [-0.2, 0) is 57.3 Å². The number of Topliss-reactive ketones (excluding diaryl/α,β-unsaturated/α-hetero) is 3. The van der Waals surface area contributed by atoms with E-state index in [-0.39, 0.29) is 69.0 Å². The zero-order valence-electron chi connectivity index (χ0n) is 90.4. The molecule has 0 amide bonds. The lowest BCUT2D eigenvalue weighted by atomic mass is 9.93. The number of aliphatic hydroxyl groups excluding tert-OH is 1. The lowest BCUT2D eigenvalue weighted by Gasteiger charge is -2.29. The van der Waals surface area contributed by atoms with Crippen molar-refractivity contribution in [2.24, 2.45) is 35.5 Å². The number of nitrogens with zero attached hydrogens (tertiary/aromatic N) is 6. The van der Waals surface area contributed by atoms with Gasteiger partial charge in [0.15, 0.2) is 35.6 Å². The summed E-state index contributed by atoms with van der Waals surface area (Å²) >= 11 is 0. The van der Waals surface area contributed by atoms with Crippen molar-refractivity contribution in [1.29, 1.82) is 0 Å². The number of aliphatic hydroxyl groups is 1. The monoisotopic (exact) mass is 1980 g/mol. The van der Waals surface area contributed by atoms with Crippen LogP contribution >= 0.6 is 0 Å². The van der Waals surface area contributed by atoms with Crippen LogP contribution in [0.15, 0.2) is 69.1 Å². The molecule has 7 aliphatic heterocycles. The summed E-state index contributed by atoms with van der Waals surface area (Å²) in [4.78, 5) is 91.2. The molecule has 17 fully saturated rings. The minimum atomic E-state index is -1.08. The summed E-state index contributed by atoms with van der Waals surface area (Å²) in [6, 6.07) is 0. The number of carbonyl (C=O) groups excluding carboxylic acids is 7. The number of hydrogen-bond acceptors (Lipinski definition) is 16. The second-order valence-corrected chi connectivity index (χ2v) is 42.9. The van der Waals surface area contributed by atoms with Crippen LogP contribution in [-0.4, -0.2) is 235 Å². The molecule has 0 bridgehead atoms. The largest absolute Gasteiger partial charge is 0.490 e. The van der Waals surface area contributed by atoms with Crippen molar-refractivity contribution in [1.82, 2.24) is 15.1 Å². The molecule has 7 saturated heterocycles. The summed E-state index contributed by atoms with van der Waals surface area (Å²) < 4.78 is 29.2. The number of nitrogens with one attached hydrogen (secondary N) is 1. The first-order valence-electron chi connectivity index (χ1n) is 57.4. The van der Waals surface area contributed by atoms with Crippen LogP contribution < -0.4 is 5.32 Å². The number of aliphatic carboxylic acids is 1. The molecule has 0 aromatic carbocycles. The standard InChI is InChI=1S/2C15H26NO2.2C15H24N.2C10H17N.C10H16O3.C10H14O.C5H11N.C5H8O2.C5H8O.C2H2O2.C2H6O.2CH4/c2*1-12(15(17)18-2)11-13-7-6-8-14(13)16-9-4-3-5-10-16;2*1-4-11-16(12-5-1)15-10-6-9-14(15)13-7-2-3-8-13;2*1-4-8-11(9-5-1)10-6-2-3-7-10;1-7(10(12)13-2)6-8-4-3-5-9(8)11;11-10-7-3-6-9(10)8-4-1-2-5-8;1-2-4-6-5-3-1;1-4(2)5(6)7-3;6-5-3-1-2-4-5;1-2(3)4;1-2-3;;/h2*12-13H,3-11H2,1-2H3;2*1-12H2;2*6H,1-5,7-9H2;7-8H,3-6H2,1-2H3;1-7H2;6H,1-5H2;1H2,2-3H3;1-4H2;1H2;3H,2H2,1H3;2*1H4/q4*+1;;;;;;;;;;;/p+1. The first-order chi connectivity index (χ1) is 68.0. The second-order valence-electron chi connectivity index (χ2n) is 42.9. The molecular weight excluding hydrogens is 1780 g/mol. The fourth-order valence-electron chi connectivity index (χ4n) is 24.4. The minimum absolute atomic E-state index is 0. The zero-order valence-corrected chi connectivity index (χ0v) is 90.4. The SMILES string of the molecule is C.C.C1=C(N2CCCCC2)CCC1.C1=C(N2CCCCC2)CCC1.C1CCNCC1.C1CC[N+](=C2CCCC2=C2CCCC2)CC1.C1CC[N+](=C2CCCC2=C2CCCC2)CC1.C=C(C)C(=O)OC.CCO.COC(=O)C(C)CC1CCCC1=O.COC(=O)C(C)CC1CCCC1=[N+]1CCCCC1.COC(=O)C(C)CC1CCCC1=[N+]1CCCCC1.O=C1CCCC1.O=C1CCCC1=C1CCCC1.[CH2+]C(=O)O. The fourth-order valence-corrected chi connectivity index (χ4v) is 24.4. The van der Waals surface area contributed by atoms with E-state index in [1.165, 1.54) is 459 Å². The van der Waals surface area contributed by atoms with Crippen LogP contribution in [0.5, 0.6) is 0 Å². The summed E-state index contributed by atoms with van der Waals surface area (Å²) in [6.45, 7) is 33.4. The Balaban J connectivity index is 0.000000277. The van der Waals surface area contributed by atoms with Crippen molar-refractivity contribution in [2.75, 3.05) is 127 Å². The fraction of sp³-hybridized carbons (Fsp3) is 0.793. The van der Waals surface area contributed by atoms with Gasteiger partial charge in [0.05, 0.1) is 46.2 Å². The smallest absolute Gasteiger partial charge is 0.469 e. The number of ether oxygens (including phenoxy) is 4. The minimum Gasteiger partial charge on any atom is -0.469 e. The number of hydrogen-bond donors (Lipinski definition) is 3. The zero-order chi connectivity index (χ0) is 101. The summed E-state index contributed by atoms with van der Waals surface area (Å²) in [7, 11) is 5.69. The Kier molecular flexibility index (Phi) is 65.9. The van der Waals surface area contributed by atoms with Crippen LogP contribution in [0.3, 0.4) is 0 Å². The van der Waals surface area contributed by atoms with Crippen molar-refractivity contribution >= 4 is 70.0 Å². The van der Waals surface area contributed by atoms with Crippen LogP contribution in [0.2, 0.25) is 0 Å². The number of ketones is 3. The Labute approximate surface area is 864 Å². The maximum absolute atomic E-state index is 11.5. The van der Waals surface area contributed by atoms with E-state index >= 15 is 0 Å². The molecule has 6 unspecified atom stereocenters. The molecule has 3 N–H and O–H groups in total. The average molecular weight is 1990 g/mol. The molecule has 7 heterocycles. The maximum atomic E-state index is 11.5. The van der Waals surface area contributed by atoms with Gasteiger partial charge in [-0.2, -0.15) is 4.79 Å². The highest BCUT2D eigenvalue weighted by atomic mass is 16.5. The molecule has 10 saturated carbocycles. The Morgan fingerprint density at radius 2 is 0.697 bits per heavy atom. The molecule has 0 spiro atoms. The maximum Gasteiger partial charge on any atom is 0.490 e. The number of carboxylic acid groups (broad SMARTS) is 1. The van der Waals surface area contributed by atoms with E-state index in [1.807, 2.05) is 31.9 Å². The van der Waals surface area contributed by atoms with Gasteiger partial charge in [-0.15, -0.1) is 0 Å². The number of rotatable bonds is 12. The van der Waals surface area contributed by atoms with E-state index in [4.69, 9.17) is 24.5 Å². The third-order valence-corrected chi connectivity index (χ3v) is 32.0. The Bertz CT molecular complexity index is 3810. The van der Waals surface area contributed by atoms with Gasteiger partial charge in [-0.3, -0.25) is 28.8 Å². The number of carbonyl (C=O) groups is 8. The van der Waals surface area contributed by atoms with Gasteiger partial charge in [-0.25, -0.2) is 23.1 Å². The molecule has 21 heteroatoms. The lowest BCUT2D eigenvalue weighted by Crippen LogP contribution is -2.30. The van der Waals surface area contributed by atoms with Gasteiger partial charge in [-0.1, -0.05) is 77.5 Å². The van der Waals surface area contributed by atoms with Crippen LogP contribution in [0.4, 0.5) is 0 Å². The third-order valence-electron chi connectivity index (χ3n) is 32.0. The number of carboxylic acids is 1. The van der Waals surface area contributed by atoms with Crippen LogP contribution in [0.25, 0.3) is 0 Å². The molecule has 19 aliphatic rings. The van der Waals surface area contributed by atoms with Gasteiger partial charge < -0.3 is 44.3 Å². The number of esters is 4. The van der Waals surface area contributed by atoms with Gasteiger partial charge in [0.2, 0.25) is 0 Å². The van der Waals surface area contributed by atoms with Gasteiger partial charge in [0, 0.05) is 181 Å². The topological polar surface area (TPSA) is 244 Å². The van der Waals surface area contributed by atoms with E-state index in [1.54, 1.807) is 59.2 Å². The van der Waals surface area contributed by atoms with Gasteiger partial charge in [0.1, 0.15) is 63.9 Å². The molecule has 0 aromatic heterocycles. The van der Waals surface area contributed by atoms with Crippen LogP contribution in [0.1, 0.15) is 460 Å². The number of piperidine rings is 7. The van der Waals surface area contributed by atoms with Crippen molar-refractivity contribution in [2.45, 2.75) is 460 Å². The quantitative estimate of drug-likeness (QED) is 0.0540. The molecule has 19 rings (SSSR count). The summed E-state index contributed by atoms with van der Waals surface area (Å²) in [6.07, 6.45) is 87.1. The van der Waals surface area contributed by atoms with Crippen molar-refractivity contribution < 1.29 is 85.8 Å². The Morgan fingerprint density at radius 3 is 0.972 bits per heavy atom. The third kappa shape index (κ3) is 47.4. The summed E-state index contributed by atoms with van der Waals surface area (Å²) in [5.41, 5.74) is 20.5. The van der Waals surface area contributed by atoms with Crippen molar-refractivity contribution in [3.63, 3.8) is 0 Å². The highest BCUT2D eigenvalue weighted by Gasteiger charge is 2.38. The summed E-state index contributed by atoms with van der Waals surface area (Å²) in [5, 5.41) is 18.2. The first kappa shape index (κ1) is 125. The van der Waals surface area contributed by atoms with E-state index in [0.29, 0.717) is 47.6 Å². The Hall–Kier alpha value is -7.13. The van der Waals surface area contributed by atoms with E-state index in [2.05, 4.69) is 68.5 Å². The van der Waals surface area contributed by atoms with Crippen molar-refractivity contribution in [3.05, 3.63) is 76.1 Å². The number of methoxy groups -OCH3 is 4. The number of likely N-dealkylation sites (tertiary alicyclic amines) is 2.